The molecule has 0 fully saturated rings. The molecular formula is C19H18ClN3O3S2. The molecule has 1 aromatic carbocycles. The molecule has 0 saturated heterocycles. The summed E-state index contributed by atoms with van der Waals surface area (Å²) in [5.41, 5.74) is 1.88. The van der Waals surface area contributed by atoms with Gasteiger partial charge >= 0.3 is 0 Å². The van der Waals surface area contributed by atoms with Crippen molar-refractivity contribution in [3.63, 3.8) is 0 Å². The van der Waals surface area contributed by atoms with E-state index in [0.29, 0.717) is 29.2 Å². The second-order valence-corrected chi connectivity index (χ2v) is 10.3. The number of hydrogen-bond donors (Lipinski definition) is 1. The predicted molar refractivity (Wildman–Crippen MR) is 111 cm³/mol. The molecule has 3 heterocycles. The largest absolute Gasteiger partial charge is 0.297 e. The summed E-state index contributed by atoms with van der Waals surface area (Å²) in [6.45, 7) is 1.90. The molecule has 1 N–H and O–H groups in total. The molecule has 2 aromatic heterocycles. The zero-order valence-corrected chi connectivity index (χ0v) is 17.5. The van der Waals surface area contributed by atoms with E-state index in [2.05, 4.69) is 27.0 Å². The van der Waals surface area contributed by atoms with Crippen LogP contribution in [-0.4, -0.2) is 36.1 Å². The first kappa shape index (κ1) is 19.3. The van der Waals surface area contributed by atoms with Gasteiger partial charge in [0.25, 0.3) is 5.56 Å². The van der Waals surface area contributed by atoms with E-state index in [0.717, 1.165) is 24.9 Å². The molecule has 0 radical (unpaired) electrons. The fourth-order valence-electron chi connectivity index (χ4n) is 3.22. The van der Waals surface area contributed by atoms with Gasteiger partial charge in [-0.15, -0.1) is 11.3 Å². The van der Waals surface area contributed by atoms with Crippen molar-refractivity contribution in [2.45, 2.75) is 24.7 Å². The molecule has 6 nitrogen and oxygen atoms in total. The van der Waals surface area contributed by atoms with E-state index in [9.17, 15) is 13.2 Å². The van der Waals surface area contributed by atoms with Gasteiger partial charge in [-0.05, 0) is 29.8 Å². The average molecular weight is 436 g/mol. The first-order valence-corrected chi connectivity index (χ1v) is 11.8. The number of aromatic amines is 1. The lowest BCUT2D eigenvalue weighted by atomic mass is 10.1. The van der Waals surface area contributed by atoms with Gasteiger partial charge < -0.3 is 0 Å². The van der Waals surface area contributed by atoms with E-state index in [4.69, 9.17) is 11.6 Å². The van der Waals surface area contributed by atoms with Gasteiger partial charge in [-0.25, -0.2) is 13.4 Å². The summed E-state index contributed by atoms with van der Waals surface area (Å²) in [5.74, 6) is 0. The van der Waals surface area contributed by atoms with Crippen molar-refractivity contribution in [1.82, 2.24) is 14.9 Å². The minimum absolute atomic E-state index is 0.254. The summed E-state index contributed by atoms with van der Waals surface area (Å²) in [6.07, 6.45) is 1.60. The van der Waals surface area contributed by atoms with Crippen molar-refractivity contribution in [2.24, 2.45) is 0 Å². The van der Waals surface area contributed by atoms with Crippen LogP contribution in [0.1, 0.15) is 16.1 Å². The zero-order chi connectivity index (χ0) is 19.9. The van der Waals surface area contributed by atoms with Crippen molar-refractivity contribution in [1.29, 1.82) is 0 Å². The van der Waals surface area contributed by atoms with Crippen molar-refractivity contribution in [3.8, 4) is 10.4 Å². The number of thiophene rings is 1. The summed E-state index contributed by atoms with van der Waals surface area (Å²) in [7, 11) is -3.53. The molecule has 4 rings (SSSR count). The Morgan fingerprint density at radius 3 is 2.68 bits per heavy atom. The third kappa shape index (κ3) is 4.05. The molecule has 0 aliphatic carbocycles. The highest BCUT2D eigenvalue weighted by Gasteiger charge is 2.23. The van der Waals surface area contributed by atoms with Gasteiger partial charge in [-0.2, -0.15) is 0 Å². The maximum atomic E-state index is 12.4. The van der Waals surface area contributed by atoms with E-state index >= 15 is 0 Å². The van der Waals surface area contributed by atoms with E-state index in [1.807, 2.05) is 24.3 Å². The lowest BCUT2D eigenvalue weighted by Gasteiger charge is -2.27. The summed E-state index contributed by atoms with van der Waals surface area (Å²) >= 11 is 7.66. The monoisotopic (exact) mass is 435 g/mol. The molecular weight excluding hydrogens is 418 g/mol. The molecule has 0 saturated carbocycles. The van der Waals surface area contributed by atoms with Crippen LogP contribution in [0.15, 0.2) is 46.3 Å². The lowest BCUT2D eigenvalue weighted by molar-refractivity contribution is 0.243. The topological polar surface area (TPSA) is 83.1 Å². The second kappa shape index (κ2) is 7.44. The molecule has 28 heavy (non-hydrogen) atoms. The fraction of sp³-hybridized carbons (Fsp3) is 0.263. The van der Waals surface area contributed by atoms with E-state index in [1.165, 1.54) is 9.75 Å². The summed E-state index contributed by atoms with van der Waals surface area (Å²) < 4.78 is 23.3. The van der Waals surface area contributed by atoms with E-state index in [1.54, 1.807) is 11.3 Å². The van der Waals surface area contributed by atoms with Gasteiger partial charge in [0.05, 0.1) is 11.3 Å². The maximum absolute atomic E-state index is 12.4. The second-order valence-electron chi connectivity index (χ2n) is 6.80. The van der Waals surface area contributed by atoms with Gasteiger partial charge in [0.15, 0.2) is 0 Å². The first-order valence-electron chi connectivity index (χ1n) is 8.69. The molecule has 3 aromatic rings. The Labute approximate surface area is 171 Å². The van der Waals surface area contributed by atoms with Crippen LogP contribution in [-0.2, 0) is 29.3 Å². The number of fused-ring (bicyclic) bond motifs is 1. The van der Waals surface area contributed by atoms with Crippen LogP contribution in [0.3, 0.4) is 0 Å². The highest BCUT2D eigenvalue weighted by atomic mass is 35.5. The zero-order valence-electron chi connectivity index (χ0n) is 15.1. The number of halogens is 1. The number of nitrogens with zero attached hydrogens (tertiary/aromatic N) is 2. The minimum atomic E-state index is -3.53. The first-order chi connectivity index (χ1) is 13.3. The van der Waals surface area contributed by atoms with Gasteiger partial charge in [0.1, 0.15) is 0 Å². The summed E-state index contributed by atoms with van der Waals surface area (Å²) in [5, 5.41) is 0.459. The van der Waals surface area contributed by atoms with E-state index < -0.39 is 9.84 Å². The molecule has 0 amide bonds. The van der Waals surface area contributed by atoms with Crippen LogP contribution in [0, 0.1) is 0 Å². The maximum Gasteiger partial charge on any atom is 0.256 e. The van der Waals surface area contributed by atoms with Crippen LogP contribution >= 0.6 is 22.9 Å². The predicted octanol–water partition coefficient (Wildman–Crippen LogP) is 3.11. The Morgan fingerprint density at radius 2 is 1.96 bits per heavy atom. The molecule has 0 bridgehead atoms. The normalized spacial score (nSPS) is 14.8. The van der Waals surface area contributed by atoms with Gasteiger partial charge in [0, 0.05) is 47.1 Å². The van der Waals surface area contributed by atoms with Crippen LogP contribution < -0.4 is 5.56 Å². The Morgan fingerprint density at radius 1 is 1.21 bits per heavy atom. The number of rotatable bonds is 4. The Balaban J connectivity index is 1.51. The molecule has 0 atom stereocenters. The molecule has 146 valence electrons. The number of sulfone groups is 1. The third-order valence-corrected chi connectivity index (χ3v) is 6.91. The quantitative estimate of drug-likeness (QED) is 0.636. The number of H-pyrrole nitrogens is 1. The number of nitrogens with one attached hydrogen (secondary N) is 1. The highest BCUT2D eigenvalue weighted by Crippen LogP contribution is 2.30. The highest BCUT2D eigenvalue weighted by molar-refractivity contribution is 7.90. The number of benzene rings is 1. The Hall–Kier alpha value is -2.00. The Bertz CT molecular complexity index is 1180. The van der Waals surface area contributed by atoms with Crippen LogP contribution in [0.4, 0.5) is 0 Å². The van der Waals surface area contributed by atoms with E-state index in [-0.39, 0.29) is 10.7 Å². The van der Waals surface area contributed by atoms with Crippen molar-refractivity contribution in [3.05, 3.63) is 67.9 Å². The molecule has 9 heteroatoms. The summed E-state index contributed by atoms with van der Waals surface area (Å²) in [4.78, 5) is 23.5. The van der Waals surface area contributed by atoms with Crippen LogP contribution in [0.5, 0.6) is 0 Å². The van der Waals surface area contributed by atoms with Gasteiger partial charge in [-0.1, -0.05) is 23.7 Å². The molecule has 0 spiro atoms. The van der Waals surface area contributed by atoms with Crippen molar-refractivity contribution >= 4 is 32.8 Å². The third-order valence-electron chi connectivity index (χ3n) is 4.65. The minimum Gasteiger partial charge on any atom is -0.297 e. The van der Waals surface area contributed by atoms with Crippen LogP contribution in [0.2, 0.25) is 5.02 Å². The van der Waals surface area contributed by atoms with Crippen LogP contribution in [0.25, 0.3) is 10.4 Å². The molecule has 0 unspecified atom stereocenters. The summed E-state index contributed by atoms with van der Waals surface area (Å²) in [6, 6.07) is 11.9. The standard InChI is InChI=1S/C19H18ClN3O3S2/c1-28(25,26)19-21-16-8-9-23(11-15(16)18(24)22-19)10-14-6-7-17(27-14)12-2-4-13(20)5-3-12/h2-7H,8-11H2,1H3,(H,21,22,24). The molecule has 1 aliphatic rings. The number of aromatic nitrogens is 2. The number of hydrogen-bond acceptors (Lipinski definition) is 6. The van der Waals surface area contributed by atoms with Gasteiger partial charge in [0.2, 0.25) is 15.0 Å². The average Bonchev–Trinajstić information content (AvgIpc) is 3.10. The molecule has 1 aliphatic heterocycles. The van der Waals surface area contributed by atoms with Crippen molar-refractivity contribution < 1.29 is 8.42 Å². The fourth-order valence-corrected chi connectivity index (χ4v) is 4.96. The van der Waals surface area contributed by atoms with Gasteiger partial charge in [-0.3, -0.25) is 14.7 Å². The Kier molecular flexibility index (Phi) is 5.13. The SMILES string of the molecule is CS(=O)(=O)c1nc2c(c(=O)[nH]1)CN(Cc1ccc(-c3ccc(Cl)cc3)s1)CC2. The smallest absolute Gasteiger partial charge is 0.256 e. The lowest BCUT2D eigenvalue weighted by Crippen LogP contribution is -2.35. The van der Waals surface area contributed by atoms with Crippen molar-refractivity contribution in [2.75, 3.05) is 12.8 Å².